The summed E-state index contributed by atoms with van der Waals surface area (Å²) < 4.78 is 0. The number of phenolic OH excluding ortho intramolecular Hbond substituents is 1. The average Bonchev–Trinajstić information content (AvgIpc) is 2.46. The Kier molecular flexibility index (Phi) is 1.75. The first kappa shape index (κ1) is 7.58. The Bertz CT molecular complexity index is 299. The van der Waals surface area contributed by atoms with Crippen LogP contribution in [0.25, 0.3) is 0 Å². The van der Waals surface area contributed by atoms with Crippen LogP contribution in [0.4, 0.5) is 0 Å². The maximum Gasteiger partial charge on any atom is 0.115 e. The van der Waals surface area contributed by atoms with E-state index in [0.717, 1.165) is 17.7 Å². The van der Waals surface area contributed by atoms with Crippen LogP contribution < -0.4 is 5.32 Å². The lowest BCUT2D eigenvalue weighted by atomic mass is 10.1. The van der Waals surface area contributed by atoms with E-state index in [1.165, 1.54) is 0 Å². The standard InChI is InChI=1S/C9H11NO2/c11-5-9-8-3-7(12)2-1-6(8)4-10-9/h1-3,9-12H,4-5H2/t9-/m0/s1. The van der Waals surface area contributed by atoms with Crippen LogP contribution in [0.5, 0.6) is 5.75 Å². The van der Waals surface area contributed by atoms with Gasteiger partial charge in [0.2, 0.25) is 0 Å². The number of hydrogen-bond acceptors (Lipinski definition) is 3. The molecule has 2 rings (SSSR count). The fraction of sp³-hybridized carbons (Fsp3) is 0.333. The van der Waals surface area contributed by atoms with Crippen molar-refractivity contribution in [2.24, 2.45) is 0 Å². The lowest BCUT2D eigenvalue weighted by Crippen LogP contribution is -2.15. The lowest BCUT2D eigenvalue weighted by molar-refractivity contribution is 0.251. The van der Waals surface area contributed by atoms with Gasteiger partial charge in [-0.15, -0.1) is 0 Å². The van der Waals surface area contributed by atoms with Crippen molar-refractivity contribution in [1.82, 2.24) is 5.32 Å². The van der Waals surface area contributed by atoms with Crippen LogP contribution in [-0.2, 0) is 6.54 Å². The Morgan fingerprint density at radius 1 is 1.50 bits per heavy atom. The van der Waals surface area contributed by atoms with Crippen LogP contribution in [-0.4, -0.2) is 16.8 Å². The number of aromatic hydroxyl groups is 1. The van der Waals surface area contributed by atoms with E-state index < -0.39 is 0 Å². The van der Waals surface area contributed by atoms with Crippen LogP contribution in [0.15, 0.2) is 18.2 Å². The van der Waals surface area contributed by atoms with Crippen molar-refractivity contribution in [1.29, 1.82) is 0 Å². The summed E-state index contributed by atoms with van der Waals surface area (Å²) in [6.45, 7) is 0.858. The van der Waals surface area contributed by atoms with Gasteiger partial charge < -0.3 is 15.5 Å². The van der Waals surface area contributed by atoms with Crippen LogP contribution in [0.3, 0.4) is 0 Å². The number of benzene rings is 1. The highest BCUT2D eigenvalue weighted by Gasteiger charge is 2.20. The van der Waals surface area contributed by atoms with E-state index in [1.807, 2.05) is 6.07 Å². The predicted octanol–water partition coefficient (Wildman–Crippen LogP) is 0.529. The zero-order chi connectivity index (χ0) is 8.55. The summed E-state index contributed by atoms with van der Waals surface area (Å²) in [5, 5.41) is 21.3. The highest BCUT2D eigenvalue weighted by Crippen LogP contribution is 2.27. The van der Waals surface area contributed by atoms with E-state index in [0.29, 0.717) is 0 Å². The SMILES string of the molecule is OC[C@@H]1NCc2ccc(O)cc21. The summed E-state index contributed by atoms with van der Waals surface area (Å²) in [6, 6.07) is 5.25. The Hall–Kier alpha value is -1.06. The van der Waals surface area contributed by atoms with Gasteiger partial charge in [0.05, 0.1) is 12.6 Å². The smallest absolute Gasteiger partial charge is 0.115 e. The Morgan fingerprint density at radius 3 is 3.08 bits per heavy atom. The van der Waals surface area contributed by atoms with Crippen molar-refractivity contribution in [2.45, 2.75) is 12.6 Å². The molecule has 12 heavy (non-hydrogen) atoms. The predicted molar refractivity (Wildman–Crippen MR) is 44.8 cm³/mol. The van der Waals surface area contributed by atoms with Crippen molar-refractivity contribution < 1.29 is 10.2 Å². The normalized spacial score (nSPS) is 20.9. The minimum absolute atomic E-state index is 0.00731. The molecule has 3 nitrogen and oxygen atoms in total. The van der Waals surface area contributed by atoms with Gasteiger partial charge in [-0.3, -0.25) is 0 Å². The number of hydrogen-bond donors (Lipinski definition) is 3. The van der Waals surface area contributed by atoms with Crippen LogP contribution in [0, 0.1) is 0 Å². The molecule has 0 aromatic heterocycles. The highest BCUT2D eigenvalue weighted by atomic mass is 16.3. The molecule has 0 aliphatic carbocycles. The van der Waals surface area contributed by atoms with Gasteiger partial charge in [0.25, 0.3) is 0 Å². The van der Waals surface area contributed by atoms with Crippen molar-refractivity contribution in [3.8, 4) is 5.75 Å². The van der Waals surface area contributed by atoms with E-state index in [-0.39, 0.29) is 18.4 Å². The molecular formula is C9H11NO2. The van der Waals surface area contributed by atoms with Gasteiger partial charge in [-0.2, -0.15) is 0 Å². The highest BCUT2D eigenvalue weighted by molar-refractivity contribution is 5.39. The molecule has 3 N–H and O–H groups in total. The second kappa shape index (κ2) is 2.77. The fourth-order valence-electron chi connectivity index (χ4n) is 1.57. The van der Waals surface area contributed by atoms with E-state index in [1.54, 1.807) is 12.1 Å². The molecule has 1 aliphatic rings. The maximum atomic E-state index is 9.20. The molecule has 64 valence electrons. The van der Waals surface area contributed by atoms with Gasteiger partial charge in [-0.25, -0.2) is 0 Å². The molecule has 1 aromatic rings. The van der Waals surface area contributed by atoms with E-state index in [4.69, 9.17) is 5.11 Å². The Balaban J connectivity index is 2.42. The number of phenols is 1. The third-order valence-corrected chi connectivity index (χ3v) is 2.23. The Morgan fingerprint density at radius 2 is 2.33 bits per heavy atom. The first-order valence-corrected chi connectivity index (χ1v) is 3.97. The molecule has 0 unspecified atom stereocenters. The van der Waals surface area contributed by atoms with Gasteiger partial charge in [-0.05, 0) is 23.3 Å². The van der Waals surface area contributed by atoms with Crippen LogP contribution in [0.2, 0.25) is 0 Å². The summed E-state index contributed by atoms with van der Waals surface area (Å²) in [6.07, 6.45) is 0. The molecule has 0 saturated carbocycles. The van der Waals surface area contributed by atoms with E-state index in [9.17, 15) is 5.11 Å². The summed E-state index contributed by atoms with van der Waals surface area (Å²) in [5.41, 5.74) is 2.17. The molecule has 0 fully saturated rings. The molecule has 1 aromatic carbocycles. The van der Waals surface area contributed by atoms with Crippen LogP contribution in [0.1, 0.15) is 17.2 Å². The molecule has 1 atom stereocenters. The van der Waals surface area contributed by atoms with Gasteiger partial charge in [0, 0.05) is 6.54 Å². The summed E-state index contributed by atoms with van der Waals surface area (Å²) >= 11 is 0. The average molecular weight is 165 g/mol. The monoisotopic (exact) mass is 165 g/mol. The fourth-order valence-corrected chi connectivity index (χ4v) is 1.57. The van der Waals surface area contributed by atoms with Crippen molar-refractivity contribution >= 4 is 0 Å². The zero-order valence-corrected chi connectivity index (χ0v) is 6.62. The van der Waals surface area contributed by atoms with Gasteiger partial charge in [0.15, 0.2) is 0 Å². The second-order valence-corrected chi connectivity index (χ2v) is 3.00. The number of nitrogens with one attached hydrogen (secondary N) is 1. The number of aliphatic hydroxyl groups is 1. The molecule has 3 heteroatoms. The van der Waals surface area contributed by atoms with E-state index >= 15 is 0 Å². The van der Waals surface area contributed by atoms with Gasteiger partial charge in [-0.1, -0.05) is 6.07 Å². The summed E-state index contributed by atoms with van der Waals surface area (Å²) in [7, 11) is 0. The van der Waals surface area contributed by atoms with Gasteiger partial charge in [0.1, 0.15) is 5.75 Å². The van der Waals surface area contributed by atoms with Crippen molar-refractivity contribution in [3.63, 3.8) is 0 Å². The lowest BCUT2D eigenvalue weighted by Gasteiger charge is -2.07. The second-order valence-electron chi connectivity index (χ2n) is 3.00. The maximum absolute atomic E-state index is 9.20. The number of fused-ring (bicyclic) bond motifs is 1. The molecule has 0 spiro atoms. The van der Waals surface area contributed by atoms with E-state index in [2.05, 4.69) is 5.32 Å². The third-order valence-electron chi connectivity index (χ3n) is 2.23. The summed E-state index contributed by atoms with van der Waals surface area (Å²) in [4.78, 5) is 0. The zero-order valence-electron chi connectivity index (χ0n) is 6.62. The molecule has 0 amide bonds. The first-order valence-electron chi connectivity index (χ1n) is 3.97. The van der Waals surface area contributed by atoms with Crippen LogP contribution >= 0.6 is 0 Å². The molecule has 0 bridgehead atoms. The molecule has 0 saturated heterocycles. The third kappa shape index (κ3) is 1.07. The molecule has 1 heterocycles. The van der Waals surface area contributed by atoms with Crippen molar-refractivity contribution in [3.05, 3.63) is 29.3 Å². The summed E-state index contributed by atoms with van der Waals surface area (Å²) in [5.74, 6) is 0.260. The molecular weight excluding hydrogens is 154 g/mol. The first-order chi connectivity index (χ1) is 5.81. The molecule has 0 radical (unpaired) electrons. The number of rotatable bonds is 1. The molecule has 1 aliphatic heterocycles. The van der Waals surface area contributed by atoms with Gasteiger partial charge >= 0.3 is 0 Å². The number of aliphatic hydroxyl groups excluding tert-OH is 1. The minimum Gasteiger partial charge on any atom is -0.508 e. The quantitative estimate of drug-likeness (QED) is 0.569. The minimum atomic E-state index is -0.00731. The topological polar surface area (TPSA) is 52.5 Å². The largest absolute Gasteiger partial charge is 0.508 e. The van der Waals surface area contributed by atoms with Crippen molar-refractivity contribution in [2.75, 3.05) is 6.61 Å². The Labute approximate surface area is 70.7 Å².